The van der Waals surface area contributed by atoms with Gasteiger partial charge in [-0.1, -0.05) is 51.0 Å². The van der Waals surface area contributed by atoms with Gasteiger partial charge in [0, 0.05) is 0 Å². The molecule has 0 nitrogen and oxygen atoms in total. The van der Waals surface area contributed by atoms with Crippen LogP contribution in [0.4, 0.5) is 0 Å². The molecule has 0 radical (unpaired) electrons. The third kappa shape index (κ3) is 4.43. The molecular formula is C12H18Cl4Si2. The molecule has 0 amide bonds. The highest BCUT2D eigenvalue weighted by Crippen LogP contribution is 2.24. The Morgan fingerprint density at radius 2 is 1.00 bits per heavy atom. The maximum Gasteiger partial charge on any atom is 0.280 e. The van der Waals surface area contributed by atoms with E-state index in [2.05, 4.69) is 13.8 Å². The lowest BCUT2D eigenvalue weighted by Crippen LogP contribution is -2.40. The zero-order valence-electron chi connectivity index (χ0n) is 10.6. The molecule has 0 aliphatic carbocycles. The van der Waals surface area contributed by atoms with Gasteiger partial charge in [-0.2, -0.15) is 0 Å². The van der Waals surface area contributed by atoms with E-state index < -0.39 is 13.4 Å². The fraction of sp³-hybridized carbons (Fsp3) is 0.500. The molecule has 0 bridgehead atoms. The number of halogens is 4. The predicted octanol–water partition coefficient (Wildman–Crippen LogP) is 4.76. The highest BCUT2D eigenvalue weighted by Gasteiger charge is 2.33. The number of rotatable bonds is 6. The van der Waals surface area contributed by atoms with Crippen LogP contribution in [0.3, 0.4) is 0 Å². The van der Waals surface area contributed by atoms with Crippen LogP contribution in [0, 0.1) is 0 Å². The first kappa shape index (κ1) is 16.9. The summed E-state index contributed by atoms with van der Waals surface area (Å²) in [7, 11) is 0. The van der Waals surface area contributed by atoms with Crippen molar-refractivity contribution in [3.05, 3.63) is 24.3 Å². The normalized spacial score (nSPS) is 12.8. The van der Waals surface area contributed by atoms with E-state index in [1.165, 1.54) is 0 Å². The van der Waals surface area contributed by atoms with E-state index in [0.29, 0.717) is 0 Å². The largest absolute Gasteiger partial charge is 0.280 e. The molecule has 0 heterocycles. The minimum atomic E-state index is -2.31. The average molecular weight is 360 g/mol. The topological polar surface area (TPSA) is 0 Å². The molecule has 0 aliphatic rings. The first-order valence-electron chi connectivity index (χ1n) is 6.20. The number of hydrogen-bond acceptors (Lipinski definition) is 0. The van der Waals surface area contributed by atoms with Crippen LogP contribution in [-0.2, 0) is 0 Å². The summed E-state index contributed by atoms with van der Waals surface area (Å²) in [6.45, 7) is -0.423. The Balaban J connectivity index is 2.92. The summed E-state index contributed by atoms with van der Waals surface area (Å²) < 4.78 is 0. The molecule has 0 N–H and O–H groups in total. The fourth-order valence-electron chi connectivity index (χ4n) is 1.87. The third-order valence-corrected chi connectivity index (χ3v) is 12.4. The van der Waals surface area contributed by atoms with Gasteiger partial charge in [0.25, 0.3) is 13.4 Å². The molecule has 0 saturated carbocycles. The maximum absolute atomic E-state index is 6.44. The second-order valence-corrected chi connectivity index (χ2v) is 18.4. The van der Waals surface area contributed by atoms with E-state index in [1.807, 2.05) is 24.3 Å². The van der Waals surface area contributed by atoms with Gasteiger partial charge in [0.15, 0.2) is 0 Å². The summed E-state index contributed by atoms with van der Waals surface area (Å²) in [5, 5.41) is 2.09. The van der Waals surface area contributed by atoms with Crippen molar-refractivity contribution in [2.24, 2.45) is 0 Å². The molecule has 0 spiro atoms. The second kappa shape index (κ2) is 7.00. The molecular weight excluding hydrogens is 342 g/mol. The van der Waals surface area contributed by atoms with E-state index in [-0.39, 0.29) is 0 Å². The SMILES string of the molecule is CCC[Si](Cl)(Cl)c1ccc([Si](Cl)(Cl)CCC)cc1. The van der Waals surface area contributed by atoms with Gasteiger partial charge in [-0.15, -0.1) is 44.3 Å². The Kier molecular flexibility index (Phi) is 6.56. The highest BCUT2D eigenvalue weighted by molar-refractivity contribution is 7.51. The fourth-order valence-corrected chi connectivity index (χ4v) is 8.80. The second-order valence-electron chi connectivity index (χ2n) is 4.49. The van der Waals surface area contributed by atoms with Gasteiger partial charge in [-0.3, -0.25) is 0 Å². The quantitative estimate of drug-likeness (QED) is 0.507. The van der Waals surface area contributed by atoms with Crippen molar-refractivity contribution in [2.75, 3.05) is 0 Å². The van der Waals surface area contributed by atoms with E-state index in [0.717, 1.165) is 35.3 Å². The maximum atomic E-state index is 6.44. The van der Waals surface area contributed by atoms with Crippen LogP contribution >= 0.6 is 44.3 Å². The van der Waals surface area contributed by atoms with Gasteiger partial charge in [0.2, 0.25) is 0 Å². The minimum Gasteiger partial charge on any atom is -0.140 e. The first-order chi connectivity index (χ1) is 8.33. The van der Waals surface area contributed by atoms with Gasteiger partial charge in [-0.25, -0.2) is 0 Å². The lowest BCUT2D eigenvalue weighted by Gasteiger charge is -2.19. The molecule has 1 aromatic rings. The Hall–Kier alpha value is 0.814. The highest BCUT2D eigenvalue weighted by atomic mass is 35.7. The van der Waals surface area contributed by atoms with E-state index in [1.54, 1.807) is 0 Å². The minimum absolute atomic E-state index is 0.870. The van der Waals surface area contributed by atoms with E-state index >= 15 is 0 Å². The molecule has 0 fully saturated rings. The smallest absolute Gasteiger partial charge is 0.140 e. The molecule has 0 atom stereocenters. The Labute approximate surface area is 130 Å². The van der Waals surface area contributed by atoms with Crippen LogP contribution in [-0.4, -0.2) is 13.4 Å². The zero-order chi connectivity index (χ0) is 13.8. The van der Waals surface area contributed by atoms with Crippen LogP contribution in [0.15, 0.2) is 24.3 Å². The average Bonchev–Trinajstić information content (AvgIpc) is 2.29. The van der Waals surface area contributed by atoms with Crippen molar-refractivity contribution in [3.63, 3.8) is 0 Å². The van der Waals surface area contributed by atoms with Crippen LogP contribution in [0.1, 0.15) is 26.7 Å². The number of hydrogen-bond donors (Lipinski definition) is 0. The van der Waals surface area contributed by atoms with Crippen LogP contribution in [0.5, 0.6) is 0 Å². The Bertz CT molecular complexity index is 339. The molecule has 102 valence electrons. The van der Waals surface area contributed by atoms with Crippen LogP contribution in [0.25, 0.3) is 0 Å². The Morgan fingerprint density at radius 1 is 0.722 bits per heavy atom. The van der Waals surface area contributed by atoms with Gasteiger partial charge in [0.1, 0.15) is 0 Å². The van der Waals surface area contributed by atoms with Crippen molar-refractivity contribution in [2.45, 2.75) is 38.8 Å². The summed E-state index contributed by atoms with van der Waals surface area (Å²) in [4.78, 5) is 0. The monoisotopic (exact) mass is 358 g/mol. The predicted molar refractivity (Wildman–Crippen MR) is 90.8 cm³/mol. The lowest BCUT2D eigenvalue weighted by molar-refractivity contribution is 1.07. The standard InChI is InChI=1S/C12H18Cl4Si2/c1-3-9-17(13,14)11-5-7-12(8-6-11)18(15,16)10-4-2/h5-8H,3-4,9-10H2,1-2H3. The van der Waals surface area contributed by atoms with Gasteiger partial charge in [0.05, 0.1) is 0 Å². The molecule has 0 aliphatic heterocycles. The lowest BCUT2D eigenvalue weighted by atomic mass is 10.4. The van der Waals surface area contributed by atoms with Gasteiger partial charge < -0.3 is 0 Å². The van der Waals surface area contributed by atoms with Gasteiger partial charge >= 0.3 is 0 Å². The van der Waals surface area contributed by atoms with Crippen molar-refractivity contribution >= 4 is 68.1 Å². The number of benzene rings is 1. The van der Waals surface area contributed by atoms with Crippen molar-refractivity contribution < 1.29 is 0 Å². The van der Waals surface area contributed by atoms with Crippen molar-refractivity contribution in [1.29, 1.82) is 0 Å². The van der Waals surface area contributed by atoms with Crippen molar-refractivity contribution in [3.8, 4) is 0 Å². The molecule has 0 aromatic heterocycles. The van der Waals surface area contributed by atoms with Crippen molar-refractivity contribution in [1.82, 2.24) is 0 Å². The molecule has 0 saturated heterocycles. The zero-order valence-corrected chi connectivity index (χ0v) is 15.7. The Morgan fingerprint density at radius 3 is 1.22 bits per heavy atom. The summed E-state index contributed by atoms with van der Waals surface area (Å²) in [6, 6.07) is 9.74. The summed E-state index contributed by atoms with van der Waals surface area (Å²) >= 11 is 25.8. The first-order valence-corrected chi connectivity index (χ1v) is 14.7. The van der Waals surface area contributed by atoms with Crippen LogP contribution < -0.4 is 10.4 Å². The molecule has 1 rings (SSSR count). The third-order valence-electron chi connectivity index (χ3n) is 2.86. The molecule has 6 heteroatoms. The summed E-state index contributed by atoms with van der Waals surface area (Å²) in [5.74, 6) is 0. The van der Waals surface area contributed by atoms with Crippen LogP contribution in [0.2, 0.25) is 12.1 Å². The van der Waals surface area contributed by atoms with Gasteiger partial charge in [-0.05, 0) is 22.5 Å². The summed E-state index contributed by atoms with van der Waals surface area (Å²) in [6.07, 6.45) is 2.00. The summed E-state index contributed by atoms with van der Waals surface area (Å²) in [5.41, 5.74) is 0. The molecule has 18 heavy (non-hydrogen) atoms. The molecule has 1 aromatic carbocycles. The van der Waals surface area contributed by atoms with E-state index in [4.69, 9.17) is 44.3 Å². The molecule has 0 unspecified atom stereocenters. The van der Waals surface area contributed by atoms with E-state index in [9.17, 15) is 0 Å².